The van der Waals surface area contributed by atoms with Gasteiger partial charge in [0.1, 0.15) is 5.60 Å². The fraction of sp³-hybridized carbons (Fsp3) is 0.556. The van der Waals surface area contributed by atoms with Crippen LogP contribution in [0.3, 0.4) is 0 Å². The van der Waals surface area contributed by atoms with Gasteiger partial charge in [0.2, 0.25) is 0 Å². The molecule has 1 aliphatic carbocycles. The third-order valence-corrected chi connectivity index (χ3v) is 2.49. The predicted octanol–water partition coefficient (Wildman–Crippen LogP) is 3.08. The van der Waals surface area contributed by atoms with Crippen molar-refractivity contribution in [3.8, 4) is 0 Å². The van der Waals surface area contributed by atoms with Crippen molar-refractivity contribution in [3.05, 3.63) is 23.3 Å². The number of hydrogen-bond donors (Lipinski definition) is 0. The molecule has 0 amide bonds. The van der Waals surface area contributed by atoms with E-state index >= 15 is 0 Å². The molecule has 0 spiro atoms. The van der Waals surface area contributed by atoms with Gasteiger partial charge in [0.05, 0.1) is 5.88 Å². The Bertz CT molecular complexity index is 211. The van der Waals surface area contributed by atoms with E-state index < -0.39 is 0 Å². The zero-order valence-corrected chi connectivity index (χ0v) is 8.53. The lowest BCUT2D eigenvalue weighted by Crippen LogP contribution is -2.33. The van der Waals surface area contributed by atoms with Crippen LogP contribution in [0.15, 0.2) is 23.3 Å². The average Bonchev–Trinajstić information content (AvgIpc) is 2.05. The van der Waals surface area contributed by atoms with Gasteiger partial charge < -0.3 is 4.74 Å². The number of hydrogen-bond acceptors (Lipinski definition) is 1. The molecule has 1 unspecified atom stereocenters. The minimum Gasteiger partial charge on any atom is -0.370 e. The number of rotatable bonds is 3. The first kappa shape index (κ1) is 10.1. The summed E-state index contributed by atoms with van der Waals surface area (Å²) in [7, 11) is 0. The molecular weight excluding hydrogens is 195 g/mol. The summed E-state index contributed by atoms with van der Waals surface area (Å²) in [6, 6.07) is 0. The smallest absolute Gasteiger partial charge is 0.105 e. The molecule has 0 heterocycles. The molecule has 0 radical (unpaired) electrons. The summed E-state index contributed by atoms with van der Waals surface area (Å²) in [5.41, 5.74) is -0.373. The van der Waals surface area contributed by atoms with Gasteiger partial charge in [0.25, 0.3) is 0 Å². The van der Waals surface area contributed by atoms with Crippen LogP contribution in [0.1, 0.15) is 13.3 Å². The molecule has 0 N–H and O–H groups in total. The highest BCUT2D eigenvalue weighted by molar-refractivity contribution is 6.31. The largest absolute Gasteiger partial charge is 0.370 e. The van der Waals surface area contributed by atoms with Crippen molar-refractivity contribution in [1.82, 2.24) is 0 Å². The second-order valence-electron chi connectivity index (χ2n) is 2.77. The quantitative estimate of drug-likeness (QED) is 0.646. The Kier molecular flexibility index (Phi) is 3.63. The predicted molar refractivity (Wildman–Crippen MR) is 52.8 cm³/mol. The SMILES string of the molecule is CCOC1(CCl)C=C(Cl)C=CC1. The number of allylic oxidation sites excluding steroid dienone is 2. The van der Waals surface area contributed by atoms with Crippen LogP contribution in [-0.2, 0) is 4.74 Å². The molecule has 1 atom stereocenters. The highest BCUT2D eigenvalue weighted by atomic mass is 35.5. The summed E-state index contributed by atoms with van der Waals surface area (Å²) < 4.78 is 5.55. The molecule has 0 fully saturated rings. The van der Waals surface area contributed by atoms with Gasteiger partial charge in [-0.2, -0.15) is 0 Å². The summed E-state index contributed by atoms with van der Waals surface area (Å²) in [5, 5.41) is 0.704. The maximum atomic E-state index is 5.85. The molecule has 68 valence electrons. The van der Waals surface area contributed by atoms with E-state index in [0.717, 1.165) is 6.42 Å². The molecule has 1 rings (SSSR count). The molecule has 0 saturated carbocycles. The van der Waals surface area contributed by atoms with Gasteiger partial charge in [-0.15, -0.1) is 11.6 Å². The highest BCUT2D eigenvalue weighted by Crippen LogP contribution is 2.28. The summed E-state index contributed by atoms with van der Waals surface area (Å²) in [4.78, 5) is 0. The van der Waals surface area contributed by atoms with E-state index in [9.17, 15) is 0 Å². The summed E-state index contributed by atoms with van der Waals surface area (Å²) in [5.74, 6) is 0.446. The van der Waals surface area contributed by atoms with E-state index in [2.05, 4.69) is 0 Å². The van der Waals surface area contributed by atoms with Crippen molar-refractivity contribution in [2.45, 2.75) is 18.9 Å². The minimum atomic E-state index is -0.373. The standard InChI is InChI=1S/C9H12Cl2O/c1-2-12-9(7-10)5-3-4-8(11)6-9/h3-4,6H,2,5,7H2,1H3. The van der Waals surface area contributed by atoms with Crippen LogP contribution in [0.5, 0.6) is 0 Å². The zero-order valence-electron chi connectivity index (χ0n) is 7.02. The Hall–Kier alpha value is 0.0200. The number of halogens is 2. The first-order valence-corrected chi connectivity index (χ1v) is 4.88. The average molecular weight is 207 g/mol. The number of ether oxygens (including phenoxy) is 1. The van der Waals surface area contributed by atoms with E-state index in [1.807, 2.05) is 25.2 Å². The second-order valence-corrected chi connectivity index (χ2v) is 3.47. The van der Waals surface area contributed by atoms with Gasteiger partial charge in [0.15, 0.2) is 0 Å². The second kappa shape index (κ2) is 4.31. The Morgan fingerprint density at radius 2 is 2.42 bits per heavy atom. The van der Waals surface area contributed by atoms with Crippen molar-refractivity contribution >= 4 is 23.2 Å². The topological polar surface area (TPSA) is 9.23 Å². The van der Waals surface area contributed by atoms with Crippen molar-refractivity contribution in [1.29, 1.82) is 0 Å². The molecule has 12 heavy (non-hydrogen) atoms. The Balaban J connectivity index is 2.74. The van der Waals surface area contributed by atoms with Crippen LogP contribution in [0.25, 0.3) is 0 Å². The van der Waals surface area contributed by atoms with Gasteiger partial charge in [-0.3, -0.25) is 0 Å². The maximum Gasteiger partial charge on any atom is 0.105 e. The number of alkyl halides is 1. The first-order valence-electron chi connectivity index (χ1n) is 3.97. The van der Waals surface area contributed by atoms with Crippen molar-refractivity contribution < 1.29 is 4.74 Å². The Morgan fingerprint density at radius 1 is 1.67 bits per heavy atom. The van der Waals surface area contributed by atoms with E-state index in [0.29, 0.717) is 17.5 Å². The third kappa shape index (κ3) is 2.25. The highest BCUT2D eigenvalue weighted by Gasteiger charge is 2.27. The molecule has 1 aliphatic rings. The normalized spacial score (nSPS) is 28.8. The molecule has 0 saturated heterocycles. The summed E-state index contributed by atoms with van der Waals surface area (Å²) in [6.07, 6.45) is 6.54. The fourth-order valence-corrected chi connectivity index (χ4v) is 1.80. The molecule has 0 aromatic rings. The first-order chi connectivity index (χ1) is 5.72. The fourth-order valence-electron chi connectivity index (χ4n) is 1.25. The molecular formula is C9H12Cl2O. The maximum absolute atomic E-state index is 5.85. The Labute approximate surface area is 83.0 Å². The molecule has 1 nitrogen and oxygen atoms in total. The third-order valence-electron chi connectivity index (χ3n) is 1.80. The minimum absolute atomic E-state index is 0.373. The van der Waals surface area contributed by atoms with Gasteiger partial charge >= 0.3 is 0 Å². The van der Waals surface area contributed by atoms with Gasteiger partial charge in [0, 0.05) is 11.6 Å². The summed E-state index contributed by atoms with van der Waals surface area (Å²) in [6.45, 7) is 2.61. The van der Waals surface area contributed by atoms with Crippen LogP contribution >= 0.6 is 23.2 Å². The molecule has 0 bridgehead atoms. The molecule has 0 aromatic heterocycles. The van der Waals surface area contributed by atoms with Crippen LogP contribution in [0, 0.1) is 0 Å². The van der Waals surface area contributed by atoms with Gasteiger partial charge in [-0.25, -0.2) is 0 Å². The van der Waals surface area contributed by atoms with Gasteiger partial charge in [-0.1, -0.05) is 17.7 Å². The van der Waals surface area contributed by atoms with E-state index in [1.165, 1.54) is 0 Å². The van der Waals surface area contributed by atoms with E-state index in [4.69, 9.17) is 27.9 Å². The lowest BCUT2D eigenvalue weighted by atomic mass is 9.97. The lowest BCUT2D eigenvalue weighted by molar-refractivity contribution is 0.0179. The van der Waals surface area contributed by atoms with Crippen LogP contribution in [0.4, 0.5) is 0 Å². The Morgan fingerprint density at radius 3 is 2.92 bits per heavy atom. The zero-order chi connectivity index (χ0) is 9.03. The molecule has 3 heteroatoms. The van der Waals surface area contributed by atoms with Crippen LogP contribution in [0.2, 0.25) is 0 Å². The summed E-state index contributed by atoms with van der Waals surface area (Å²) >= 11 is 11.7. The van der Waals surface area contributed by atoms with E-state index in [-0.39, 0.29) is 5.60 Å². The van der Waals surface area contributed by atoms with E-state index in [1.54, 1.807) is 0 Å². The van der Waals surface area contributed by atoms with Gasteiger partial charge in [-0.05, 0) is 25.5 Å². The molecule has 0 aromatic carbocycles. The van der Waals surface area contributed by atoms with Crippen molar-refractivity contribution in [2.24, 2.45) is 0 Å². The van der Waals surface area contributed by atoms with Crippen molar-refractivity contribution in [3.63, 3.8) is 0 Å². The lowest BCUT2D eigenvalue weighted by Gasteiger charge is -2.29. The van der Waals surface area contributed by atoms with Crippen molar-refractivity contribution in [2.75, 3.05) is 12.5 Å². The van der Waals surface area contributed by atoms with Crippen LogP contribution in [-0.4, -0.2) is 18.1 Å². The van der Waals surface area contributed by atoms with Crippen LogP contribution < -0.4 is 0 Å². The molecule has 0 aliphatic heterocycles. The monoisotopic (exact) mass is 206 g/mol.